The summed E-state index contributed by atoms with van der Waals surface area (Å²) in [6, 6.07) is 0.139. The Morgan fingerprint density at radius 3 is 2.89 bits per heavy atom. The number of rotatable bonds is 5. The molecule has 0 aliphatic rings. The number of methoxy groups -OCH3 is 1. The monoisotopic (exact) mass is 129 g/mol. The van der Waals surface area contributed by atoms with Crippen molar-refractivity contribution < 1.29 is 4.74 Å². The topological polar surface area (TPSA) is 35.2 Å². The first-order valence-corrected chi connectivity index (χ1v) is 3.18. The van der Waals surface area contributed by atoms with Crippen LogP contribution >= 0.6 is 0 Å². The van der Waals surface area contributed by atoms with Crippen molar-refractivity contribution in [3.8, 4) is 0 Å². The maximum Gasteiger partial charge on any atom is 0.0462 e. The fraction of sp³-hybridized carbons (Fsp3) is 0.714. The molecule has 0 radical (unpaired) electrons. The molecule has 0 bridgehead atoms. The van der Waals surface area contributed by atoms with Crippen molar-refractivity contribution in [2.24, 2.45) is 5.73 Å². The zero-order chi connectivity index (χ0) is 7.11. The van der Waals surface area contributed by atoms with Gasteiger partial charge in [-0.1, -0.05) is 6.08 Å². The van der Waals surface area contributed by atoms with E-state index in [1.165, 1.54) is 0 Å². The summed E-state index contributed by atoms with van der Waals surface area (Å²) in [7, 11) is 1.69. The molecule has 54 valence electrons. The second kappa shape index (κ2) is 5.79. The van der Waals surface area contributed by atoms with Gasteiger partial charge in [0.15, 0.2) is 0 Å². The highest BCUT2D eigenvalue weighted by molar-refractivity contribution is 4.81. The molecule has 0 aromatic heterocycles. The zero-order valence-corrected chi connectivity index (χ0v) is 5.97. The normalized spacial score (nSPS) is 13.1. The lowest BCUT2D eigenvalue weighted by Crippen LogP contribution is -2.16. The lowest BCUT2D eigenvalue weighted by Gasteiger charge is -2.03. The Morgan fingerprint density at radius 1 is 1.78 bits per heavy atom. The quantitative estimate of drug-likeness (QED) is 0.442. The molecule has 9 heavy (non-hydrogen) atoms. The van der Waals surface area contributed by atoms with E-state index in [-0.39, 0.29) is 6.04 Å². The summed E-state index contributed by atoms with van der Waals surface area (Å²) in [6.45, 7) is 4.37. The highest BCUT2D eigenvalue weighted by atomic mass is 16.5. The third-order valence-corrected chi connectivity index (χ3v) is 1.19. The van der Waals surface area contributed by atoms with Crippen LogP contribution in [0.25, 0.3) is 0 Å². The van der Waals surface area contributed by atoms with Crippen LogP contribution in [0.1, 0.15) is 12.8 Å². The summed E-state index contributed by atoms with van der Waals surface area (Å²) >= 11 is 0. The van der Waals surface area contributed by atoms with E-state index in [0.717, 1.165) is 19.4 Å². The molecule has 2 nitrogen and oxygen atoms in total. The highest BCUT2D eigenvalue weighted by Crippen LogP contribution is 1.93. The molecule has 1 atom stereocenters. The van der Waals surface area contributed by atoms with Gasteiger partial charge in [-0.25, -0.2) is 0 Å². The molecule has 0 spiro atoms. The van der Waals surface area contributed by atoms with E-state index in [2.05, 4.69) is 6.58 Å². The van der Waals surface area contributed by atoms with Gasteiger partial charge in [0, 0.05) is 19.8 Å². The van der Waals surface area contributed by atoms with Gasteiger partial charge in [-0.3, -0.25) is 0 Å². The van der Waals surface area contributed by atoms with E-state index < -0.39 is 0 Å². The highest BCUT2D eigenvalue weighted by Gasteiger charge is 1.93. The van der Waals surface area contributed by atoms with Crippen LogP contribution in [0.3, 0.4) is 0 Å². The Bertz CT molecular complexity index is 73.3. The Labute approximate surface area is 56.7 Å². The Balaban J connectivity index is 2.96. The number of nitrogens with two attached hydrogens (primary N) is 1. The van der Waals surface area contributed by atoms with Crippen LogP contribution in [0, 0.1) is 0 Å². The average Bonchev–Trinajstić information content (AvgIpc) is 1.89. The molecular formula is C7H15NO. The minimum atomic E-state index is 0.139. The molecule has 0 amide bonds. The molecule has 0 fully saturated rings. The van der Waals surface area contributed by atoms with Gasteiger partial charge in [0.25, 0.3) is 0 Å². The maximum absolute atomic E-state index is 5.54. The van der Waals surface area contributed by atoms with E-state index in [9.17, 15) is 0 Å². The maximum atomic E-state index is 5.54. The van der Waals surface area contributed by atoms with Crippen LogP contribution in [0.5, 0.6) is 0 Å². The molecule has 0 aromatic carbocycles. The van der Waals surface area contributed by atoms with Crippen molar-refractivity contribution in [2.75, 3.05) is 13.7 Å². The van der Waals surface area contributed by atoms with Crippen molar-refractivity contribution in [3.05, 3.63) is 12.7 Å². The first-order chi connectivity index (χ1) is 4.31. The largest absolute Gasteiger partial charge is 0.385 e. The third-order valence-electron chi connectivity index (χ3n) is 1.19. The predicted octanol–water partition coefficient (Wildman–Crippen LogP) is 0.926. The fourth-order valence-electron chi connectivity index (χ4n) is 0.581. The molecule has 0 saturated carbocycles. The smallest absolute Gasteiger partial charge is 0.0462 e. The van der Waals surface area contributed by atoms with Crippen LogP contribution in [0.15, 0.2) is 12.7 Å². The molecule has 0 saturated heterocycles. The molecule has 0 aliphatic carbocycles. The summed E-state index contributed by atoms with van der Waals surface area (Å²) in [4.78, 5) is 0. The Kier molecular flexibility index (Phi) is 5.57. The molecule has 0 aliphatic heterocycles. The van der Waals surface area contributed by atoms with Gasteiger partial charge >= 0.3 is 0 Å². The second-order valence-electron chi connectivity index (χ2n) is 2.03. The number of hydrogen-bond acceptors (Lipinski definition) is 2. The third kappa shape index (κ3) is 5.53. The van der Waals surface area contributed by atoms with Gasteiger partial charge in [0.05, 0.1) is 0 Å². The van der Waals surface area contributed by atoms with Crippen molar-refractivity contribution in [1.29, 1.82) is 0 Å². The SMILES string of the molecule is C=CC(N)CCCOC. The van der Waals surface area contributed by atoms with Crippen molar-refractivity contribution in [1.82, 2.24) is 0 Å². The van der Waals surface area contributed by atoms with Crippen molar-refractivity contribution >= 4 is 0 Å². The van der Waals surface area contributed by atoms with Crippen molar-refractivity contribution in [3.63, 3.8) is 0 Å². The summed E-state index contributed by atoms with van der Waals surface area (Å²) in [5, 5.41) is 0. The predicted molar refractivity (Wildman–Crippen MR) is 39.3 cm³/mol. The lowest BCUT2D eigenvalue weighted by molar-refractivity contribution is 0.192. The molecule has 2 N–H and O–H groups in total. The van der Waals surface area contributed by atoms with Crippen LogP contribution < -0.4 is 5.73 Å². The number of ether oxygens (including phenoxy) is 1. The van der Waals surface area contributed by atoms with Crippen LogP contribution in [-0.4, -0.2) is 19.8 Å². The molecule has 0 aromatic rings. The van der Waals surface area contributed by atoms with Crippen molar-refractivity contribution in [2.45, 2.75) is 18.9 Å². The van der Waals surface area contributed by atoms with Gasteiger partial charge in [-0.05, 0) is 12.8 Å². The molecule has 1 unspecified atom stereocenters. The van der Waals surface area contributed by atoms with E-state index in [1.54, 1.807) is 13.2 Å². The molecular weight excluding hydrogens is 114 g/mol. The van der Waals surface area contributed by atoms with E-state index in [1.807, 2.05) is 0 Å². The molecule has 2 heteroatoms. The van der Waals surface area contributed by atoms with Gasteiger partial charge in [0.2, 0.25) is 0 Å². The summed E-state index contributed by atoms with van der Waals surface area (Å²) in [5.41, 5.74) is 5.54. The summed E-state index contributed by atoms with van der Waals surface area (Å²) < 4.78 is 4.85. The molecule has 0 rings (SSSR count). The minimum absolute atomic E-state index is 0.139. The minimum Gasteiger partial charge on any atom is -0.385 e. The van der Waals surface area contributed by atoms with Crippen LogP contribution in [0.4, 0.5) is 0 Å². The van der Waals surface area contributed by atoms with Gasteiger partial charge < -0.3 is 10.5 Å². The summed E-state index contributed by atoms with van der Waals surface area (Å²) in [5.74, 6) is 0. The van der Waals surface area contributed by atoms with E-state index >= 15 is 0 Å². The second-order valence-corrected chi connectivity index (χ2v) is 2.03. The van der Waals surface area contributed by atoms with E-state index in [4.69, 9.17) is 10.5 Å². The number of hydrogen-bond donors (Lipinski definition) is 1. The van der Waals surface area contributed by atoms with Gasteiger partial charge in [0.1, 0.15) is 0 Å². The standard InChI is InChI=1S/C7H15NO/c1-3-7(8)5-4-6-9-2/h3,7H,1,4-6,8H2,2H3. The molecule has 0 heterocycles. The fourth-order valence-corrected chi connectivity index (χ4v) is 0.581. The summed E-state index contributed by atoms with van der Waals surface area (Å²) in [6.07, 6.45) is 3.75. The van der Waals surface area contributed by atoms with Gasteiger partial charge in [-0.2, -0.15) is 0 Å². The van der Waals surface area contributed by atoms with Gasteiger partial charge in [-0.15, -0.1) is 6.58 Å². The lowest BCUT2D eigenvalue weighted by atomic mass is 10.2. The van der Waals surface area contributed by atoms with Crippen LogP contribution in [0.2, 0.25) is 0 Å². The first-order valence-electron chi connectivity index (χ1n) is 3.18. The Morgan fingerprint density at radius 2 is 2.44 bits per heavy atom. The average molecular weight is 129 g/mol. The van der Waals surface area contributed by atoms with E-state index in [0.29, 0.717) is 0 Å². The zero-order valence-electron chi connectivity index (χ0n) is 5.97. The van der Waals surface area contributed by atoms with Crippen LogP contribution in [-0.2, 0) is 4.74 Å². The Hall–Kier alpha value is -0.340. The first kappa shape index (κ1) is 8.66.